The summed E-state index contributed by atoms with van der Waals surface area (Å²) in [7, 11) is 3.20. The second-order valence-electron chi connectivity index (χ2n) is 32.9. The van der Waals surface area contributed by atoms with Crippen LogP contribution in [-0.4, -0.2) is 157 Å². The summed E-state index contributed by atoms with van der Waals surface area (Å²) in [6.45, 7) is -2.51. The van der Waals surface area contributed by atoms with Gasteiger partial charge in [0.15, 0.2) is 0 Å². The Morgan fingerprint density at radius 3 is 1.00 bits per heavy atom. The number of anilines is 2. The summed E-state index contributed by atoms with van der Waals surface area (Å²) in [5, 5.41) is 48.3. The number of ether oxygens (including phenoxy) is 6. The van der Waals surface area contributed by atoms with E-state index < -0.39 is 131 Å². The van der Waals surface area contributed by atoms with Gasteiger partial charge in [-0.25, -0.2) is 9.59 Å². The lowest BCUT2D eigenvalue weighted by Crippen LogP contribution is -2.56. The van der Waals surface area contributed by atoms with E-state index in [0.29, 0.717) is 83.9 Å². The number of nitro groups is 2. The van der Waals surface area contributed by atoms with Crippen molar-refractivity contribution in [3.05, 3.63) is 416 Å². The van der Waals surface area contributed by atoms with Crippen LogP contribution in [0.25, 0.3) is 0 Å². The van der Waals surface area contributed by atoms with Crippen LogP contribution in [0.3, 0.4) is 0 Å². The molecule has 0 saturated carbocycles. The van der Waals surface area contributed by atoms with Crippen LogP contribution in [0.15, 0.2) is 340 Å². The Bertz CT molecular complexity index is 5770. The van der Waals surface area contributed by atoms with Crippen LogP contribution in [0.2, 0.25) is 0 Å². The second kappa shape index (κ2) is 50.2. The maximum Gasteiger partial charge on any atom is 0.514 e. The summed E-state index contributed by atoms with van der Waals surface area (Å²) in [4.78, 5) is 166. The van der Waals surface area contributed by atoms with E-state index in [1.807, 2.05) is 121 Å². The predicted octanol–water partition coefficient (Wildman–Crippen LogP) is 14.7. The first-order valence-corrected chi connectivity index (χ1v) is 45.6. The molecule has 0 unspecified atom stereocenters. The van der Waals surface area contributed by atoms with E-state index in [4.69, 9.17) is 28.4 Å². The number of nitro benzene ring substituents is 2. The van der Waals surface area contributed by atoms with Crippen molar-refractivity contribution in [3.63, 3.8) is 0 Å². The molecule has 32 heteroatoms. The number of hydrogen-bond acceptors (Lipinski definition) is 24. The molecule has 8 amide bonds. The molecule has 1 aliphatic heterocycles. The van der Waals surface area contributed by atoms with Crippen molar-refractivity contribution < 1.29 is 86.2 Å². The lowest BCUT2D eigenvalue weighted by Gasteiger charge is -2.37. The molecule has 8 N–H and O–H groups in total. The summed E-state index contributed by atoms with van der Waals surface area (Å²) in [6.07, 6.45) is 1.87. The van der Waals surface area contributed by atoms with Gasteiger partial charge >= 0.3 is 12.3 Å². The van der Waals surface area contributed by atoms with Crippen molar-refractivity contribution in [2.45, 2.75) is 99.8 Å². The van der Waals surface area contributed by atoms with Gasteiger partial charge in [-0.05, 0) is 180 Å². The Morgan fingerprint density at radius 2 is 0.679 bits per heavy atom. The van der Waals surface area contributed by atoms with E-state index in [-0.39, 0.29) is 61.8 Å². The first-order valence-electron chi connectivity index (χ1n) is 45.6. The highest BCUT2D eigenvalue weighted by molar-refractivity contribution is 6.13. The SMILES string of the molecule is COc1ccc(C(NCCCC[C@H](N[C@@H](Cc2ccccc2)C(=O)NCC(=O)N(CCN2C(=O)C=CC2=O)C(=O)CNC(=O)[C@H](Cc2ccccc2)N[C@@H](CCCCNC(c2ccccc2)(c2ccccc2)c2ccc(OC)cc2)C(=O)Nc2ccc(COC(=O)Oc3ccc([N+](=O)[O-])cc3)cc2)C(=O)Nc2ccc(COC(=O)Oc3ccc([N+](=O)[O-])cc3)cc2)(c2ccccc2)c2ccccc2)cc1. The third kappa shape index (κ3) is 27.8. The highest BCUT2D eigenvalue weighted by Crippen LogP contribution is 2.40. The standard InChI is InChI=1S/C108H106N12O20/c1-135-89-55-43-83(44-56-89)107(79-29-13-5-14-30-79,80-31-15-6-16-32-80)111-65-23-21-37-93(103(127)113-85-47-39-77(40-48-85)73-137-105(129)139-91-59-51-87(52-60-91)119(131)132)115-95(69-75-25-9-3-10-26-75)101(125)109-71-99(123)118(68-67-117-97(121)63-64-98(117)122)100(124)72-110-102(126)96(70-76-27-11-4-12-28-76)116-94(104(128)114-86-49-41-78(42-50-86)74-138-106(130)140-92-61-53-88(54-62-92)120(133)134)38-22-24-66-112-108(81-33-17-7-18-34-81,82-35-19-8-20-36-82)84-45-57-90(136-2)58-46-84/h3-20,25-36,39-64,93-96,111-112,115-116H,21-24,37-38,65-74H2,1-2H3,(H,109,125)(H,110,126)(H,113,127)(H,114,128)/t93-,94-,95-,96-/m0/s1. The number of benzene rings is 12. The fourth-order valence-electron chi connectivity index (χ4n) is 16.4. The molecule has 0 bridgehead atoms. The maximum absolute atomic E-state index is 15.3. The average molecular weight is 1890 g/mol. The largest absolute Gasteiger partial charge is 0.514 e. The maximum atomic E-state index is 15.3. The van der Waals surface area contributed by atoms with Crippen molar-refractivity contribution in [3.8, 4) is 23.0 Å². The molecule has 13 rings (SSSR count). The Kier molecular flexibility index (Phi) is 36.2. The van der Waals surface area contributed by atoms with Crippen LogP contribution in [0.1, 0.15) is 94.2 Å². The third-order valence-electron chi connectivity index (χ3n) is 23.7. The van der Waals surface area contributed by atoms with Gasteiger partial charge in [0.25, 0.3) is 23.2 Å². The van der Waals surface area contributed by atoms with Crippen LogP contribution in [0.4, 0.5) is 32.3 Å². The molecule has 0 spiro atoms. The average Bonchev–Trinajstić information content (AvgIpc) is 0.767. The Morgan fingerprint density at radius 1 is 0.364 bits per heavy atom. The van der Waals surface area contributed by atoms with Gasteiger partial charge in [-0.3, -0.25) is 89.7 Å². The van der Waals surface area contributed by atoms with Gasteiger partial charge in [0.05, 0.1) is 72.4 Å². The number of amides is 8. The van der Waals surface area contributed by atoms with E-state index in [9.17, 15) is 39.4 Å². The molecular weight excluding hydrogens is 1790 g/mol. The molecule has 4 atom stereocenters. The smallest absolute Gasteiger partial charge is 0.497 e. The zero-order chi connectivity index (χ0) is 98.6. The van der Waals surface area contributed by atoms with Crippen LogP contribution in [-0.2, 0) is 85.0 Å². The molecule has 12 aromatic carbocycles. The first-order chi connectivity index (χ1) is 68.0. The highest BCUT2D eigenvalue weighted by Gasteiger charge is 2.40. The molecular formula is C108H106N12O20. The Labute approximate surface area is 808 Å². The number of hydrogen-bond donors (Lipinski definition) is 8. The number of non-ortho nitro benzene ring substituents is 2. The zero-order valence-corrected chi connectivity index (χ0v) is 76.9. The normalized spacial score (nSPS) is 12.6. The van der Waals surface area contributed by atoms with Crippen molar-refractivity contribution in [1.82, 2.24) is 41.7 Å². The number of carbonyl (C=O) groups excluding carboxylic acids is 10. The van der Waals surface area contributed by atoms with Gasteiger partial charge in [0.2, 0.25) is 35.4 Å². The summed E-state index contributed by atoms with van der Waals surface area (Å²) in [5.41, 5.74) is 6.44. The number of nitrogens with one attached hydrogen (secondary N) is 8. The summed E-state index contributed by atoms with van der Waals surface area (Å²) >= 11 is 0. The first kappa shape index (κ1) is 101. The number of nitrogens with zero attached hydrogens (tertiary/aromatic N) is 4. The van der Waals surface area contributed by atoms with Crippen LogP contribution in [0, 0.1) is 20.2 Å². The van der Waals surface area contributed by atoms with Gasteiger partial charge in [-0.1, -0.05) is 243 Å². The fourth-order valence-corrected chi connectivity index (χ4v) is 16.4. The van der Waals surface area contributed by atoms with Gasteiger partial charge < -0.3 is 49.7 Å². The van der Waals surface area contributed by atoms with Crippen LogP contribution < -0.4 is 61.5 Å². The number of rotatable bonds is 49. The predicted molar refractivity (Wildman–Crippen MR) is 524 cm³/mol. The highest BCUT2D eigenvalue weighted by atomic mass is 16.7. The van der Waals surface area contributed by atoms with Crippen molar-refractivity contribution >= 4 is 82.3 Å². The van der Waals surface area contributed by atoms with Crippen LogP contribution in [0.5, 0.6) is 23.0 Å². The molecule has 1 heterocycles. The second-order valence-corrected chi connectivity index (χ2v) is 32.9. The van der Waals surface area contributed by atoms with Crippen molar-refractivity contribution in [2.24, 2.45) is 0 Å². The number of carbonyl (C=O) groups is 10. The van der Waals surface area contributed by atoms with Gasteiger partial charge in [-0.15, -0.1) is 0 Å². The lowest BCUT2D eigenvalue weighted by molar-refractivity contribution is -0.385. The molecule has 0 fully saturated rings. The third-order valence-corrected chi connectivity index (χ3v) is 23.7. The molecule has 0 radical (unpaired) electrons. The fraction of sp³-hybridized carbons (Fsp3) is 0.222. The number of unbranched alkanes of at least 4 members (excludes halogenated alkanes) is 2. The van der Waals surface area contributed by atoms with E-state index in [2.05, 4.69) is 91.1 Å². The van der Waals surface area contributed by atoms with Crippen molar-refractivity contribution in [1.29, 1.82) is 0 Å². The van der Waals surface area contributed by atoms with E-state index in [1.54, 1.807) is 123 Å². The zero-order valence-electron chi connectivity index (χ0n) is 76.9. The topological polar surface area (TPSA) is 415 Å². The molecule has 0 aliphatic carbocycles. The Hall–Kier alpha value is -16.7. The van der Waals surface area contributed by atoms with Gasteiger partial charge in [0, 0.05) is 60.9 Å². The van der Waals surface area contributed by atoms with E-state index >= 15 is 28.8 Å². The summed E-state index contributed by atoms with van der Waals surface area (Å²) in [6, 6.07) is 91.2. The van der Waals surface area contributed by atoms with E-state index in [0.717, 1.165) is 55.3 Å². The summed E-state index contributed by atoms with van der Waals surface area (Å²) < 4.78 is 32.3. The summed E-state index contributed by atoms with van der Waals surface area (Å²) in [5.74, 6) is -4.78. The molecule has 0 saturated heterocycles. The van der Waals surface area contributed by atoms with Gasteiger partial charge in [-0.2, -0.15) is 0 Å². The molecule has 718 valence electrons. The minimum Gasteiger partial charge on any atom is -0.497 e. The Balaban J connectivity index is 0.735. The molecule has 1 aliphatic rings. The van der Waals surface area contributed by atoms with Crippen LogP contribution >= 0.6 is 0 Å². The lowest BCUT2D eigenvalue weighted by atomic mass is 9.77. The van der Waals surface area contributed by atoms with E-state index in [1.165, 1.54) is 48.5 Å². The number of imide groups is 2. The molecule has 32 nitrogen and oxygen atoms in total. The van der Waals surface area contributed by atoms with Gasteiger partial charge in [0.1, 0.15) is 36.2 Å². The van der Waals surface area contributed by atoms with Crippen molar-refractivity contribution in [2.75, 3.05) is 64.1 Å². The molecule has 12 aromatic rings. The number of methoxy groups -OCH3 is 2. The molecule has 0 aromatic heterocycles. The minimum absolute atomic E-state index is 0.0164. The molecule has 140 heavy (non-hydrogen) atoms. The minimum atomic E-state index is -1.27. The monoisotopic (exact) mass is 1890 g/mol. The quantitative estimate of drug-likeness (QED) is 0.00334.